The molecule has 1 aliphatic carbocycles. The largest absolute Gasteiger partial charge is 0.495 e. The predicted molar refractivity (Wildman–Crippen MR) is 142 cm³/mol. The van der Waals surface area contributed by atoms with Crippen molar-refractivity contribution >= 4 is 15.7 Å². The Morgan fingerprint density at radius 3 is 2.64 bits per heavy atom. The number of benzene rings is 2. The molecular weight excluding hydrogens is 520 g/mol. The lowest BCUT2D eigenvalue weighted by atomic mass is 10.0. The van der Waals surface area contributed by atoms with E-state index in [-0.39, 0.29) is 40.1 Å². The topological polar surface area (TPSA) is 103 Å². The smallest absolute Gasteiger partial charge is 0.275 e. The summed E-state index contributed by atoms with van der Waals surface area (Å²) in [5.74, 6) is -0.274. The molecule has 3 aromatic rings. The van der Waals surface area contributed by atoms with Gasteiger partial charge in [-0.05, 0) is 30.2 Å². The van der Waals surface area contributed by atoms with Gasteiger partial charge in [0.05, 0.1) is 56.2 Å². The Hall–Kier alpha value is -3.25. The molecule has 2 saturated heterocycles. The van der Waals surface area contributed by atoms with Crippen LogP contribution < -0.4 is 4.74 Å². The molecule has 0 spiro atoms. The normalized spacial score (nSPS) is 23.5. The van der Waals surface area contributed by atoms with E-state index >= 15 is 0 Å². The molecule has 0 bridgehead atoms. The first kappa shape index (κ1) is 24.8. The molecule has 1 amide bonds. The van der Waals surface area contributed by atoms with Gasteiger partial charge in [-0.1, -0.05) is 24.3 Å². The minimum Gasteiger partial charge on any atom is -0.495 e. The summed E-state index contributed by atoms with van der Waals surface area (Å²) in [6.45, 7) is 5.04. The number of aromatic nitrogens is 2. The van der Waals surface area contributed by atoms with E-state index < -0.39 is 9.84 Å². The van der Waals surface area contributed by atoms with Crippen LogP contribution in [0.1, 0.15) is 28.0 Å². The number of carbonyl (C=O) groups excluding carboxylic acids is 1. The number of amides is 1. The van der Waals surface area contributed by atoms with E-state index in [0.717, 1.165) is 50.5 Å². The van der Waals surface area contributed by atoms with Gasteiger partial charge in [0.15, 0.2) is 15.5 Å². The highest BCUT2D eigenvalue weighted by molar-refractivity contribution is 7.91. The zero-order chi connectivity index (χ0) is 26.7. The van der Waals surface area contributed by atoms with E-state index in [1.807, 2.05) is 12.1 Å². The Morgan fingerprint density at radius 2 is 1.87 bits per heavy atom. The van der Waals surface area contributed by atoms with Crippen LogP contribution in [-0.2, 0) is 31.6 Å². The summed E-state index contributed by atoms with van der Waals surface area (Å²) in [5.41, 5.74) is 3.65. The minimum absolute atomic E-state index is 0.0269. The third-order valence-corrected chi connectivity index (χ3v) is 9.71. The van der Waals surface area contributed by atoms with Gasteiger partial charge in [0.2, 0.25) is 0 Å². The number of morpholine rings is 2. The first-order valence-corrected chi connectivity index (χ1v) is 14.9. The maximum Gasteiger partial charge on any atom is 0.275 e. The van der Waals surface area contributed by atoms with E-state index in [1.165, 1.54) is 7.11 Å². The SMILES string of the molecule is COc1cccc2c1S(=O)(=O)Cc1c(C(=O)N3CCO[C@H]4C[C@H]43)nn(-c3ccc(CN4CCOCC4)cc3)c1-2. The summed E-state index contributed by atoms with van der Waals surface area (Å²) < 4.78 is 45.4. The number of hydrogen-bond acceptors (Lipinski definition) is 8. The number of hydrogen-bond donors (Lipinski definition) is 0. The third kappa shape index (κ3) is 4.24. The maximum atomic E-state index is 13.8. The molecular formula is C28H30N4O6S. The highest BCUT2D eigenvalue weighted by Gasteiger charge is 2.49. The molecule has 7 rings (SSSR count). The highest BCUT2D eigenvalue weighted by atomic mass is 32.2. The first-order chi connectivity index (χ1) is 18.9. The number of ether oxygens (including phenoxy) is 3. The Morgan fingerprint density at radius 1 is 1.08 bits per heavy atom. The Bertz CT molecular complexity index is 1540. The summed E-state index contributed by atoms with van der Waals surface area (Å²) in [4.78, 5) is 18.1. The van der Waals surface area contributed by atoms with Crippen LogP contribution in [0.2, 0.25) is 0 Å². The minimum atomic E-state index is -3.77. The van der Waals surface area contributed by atoms with Crippen molar-refractivity contribution in [2.45, 2.75) is 35.8 Å². The molecule has 2 atom stereocenters. The fraction of sp³-hybridized carbons (Fsp3) is 0.429. The van der Waals surface area contributed by atoms with Gasteiger partial charge in [0, 0.05) is 37.3 Å². The lowest BCUT2D eigenvalue weighted by Crippen LogP contribution is -2.41. The van der Waals surface area contributed by atoms with Crippen molar-refractivity contribution < 1.29 is 27.4 Å². The lowest BCUT2D eigenvalue weighted by molar-refractivity contribution is 0.0258. The number of sulfone groups is 1. The summed E-state index contributed by atoms with van der Waals surface area (Å²) in [5, 5.41) is 4.81. The Kier molecular flexibility index (Phi) is 6.00. The third-order valence-electron chi connectivity index (χ3n) is 8.00. The molecule has 10 nitrogen and oxygen atoms in total. The number of rotatable bonds is 5. The molecule has 39 heavy (non-hydrogen) atoms. The molecule has 4 aliphatic rings. The van der Waals surface area contributed by atoms with Gasteiger partial charge < -0.3 is 19.1 Å². The second kappa shape index (κ2) is 9.44. The lowest BCUT2D eigenvalue weighted by Gasteiger charge is -2.26. The number of carbonyl (C=O) groups is 1. The molecule has 4 heterocycles. The van der Waals surface area contributed by atoms with E-state index in [4.69, 9.17) is 19.3 Å². The molecule has 0 N–H and O–H groups in total. The van der Waals surface area contributed by atoms with Crippen LogP contribution in [0.3, 0.4) is 0 Å². The number of fused-ring (bicyclic) bond motifs is 4. The fourth-order valence-corrected chi connectivity index (χ4v) is 7.71. The van der Waals surface area contributed by atoms with Crippen molar-refractivity contribution in [1.29, 1.82) is 0 Å². The van der Waals surface area contributed by atoms with E-state index in [2.05, 4.69) is 17.0 Å². The van der Waals surface area contributed by atoms with Crippen molar-refractivity contribution in [1.82, 2.24) is 19.6 Å². The van der Waals surface area contributed by atoms with Crippen LogP contribution in [0.4, 0.5) is 0 Å². The second-order valence-electron chi connectivity index (χ2n) is 10.4. The van der Waals surface area contributed by atoms with Gasteiger partial charge >= 0.3 is 0 Å². The molecule has 0 unspecified atom stereocenters. The first-order valence-electron chi connectivity index (χ1n) is 13.3. The Labute approximate surface area is 227 Å². The summed E-state index contributed by atoms with van der Waals surface area (Å²) in [6.07, 6.45) is 0.866. The van der Waals surface area contributed by atoms with Crippen molar-refractivity contribution in [2.24, 2.45) is 0 Å². The molecule has 0 radical (unpaired) electrons. The molecule has 3 fully saturated rings. The quantitative estimate of drug-likeness (QED) is 0.477. The van der Waals surface area contributed by atoms with Crippen LogP contribution in [0.15, 0.2) is 47.4 Å². The van der Waals surface area contributed by atoms with Gasteiger partial charge in [0.1, 0.15) is 10.6 Å². The van der Waals surface area contributed by atoms with Crippen molar-refractivity contribution in [2.75, 3.05) is 46.6 Å². The van der Waals surface area contributed by atoms with Gasteiger partial charge in [-0.2, -0.15) is 5.10 Å². The summed E-state index contributed by atoms with van der Waals surface area (Å²) in [7, 11) is -2.31. The molecule has 1 aromatic heterocycles. The van der Waals surface area contributed by atoms with Crippen LogP contribution in [0.25, 0.3) is 16.9 Å². The average Bonchev–Trinajstić information content (AvgIpc) is 3.66. The zero-order valence-electron chi connectivity index (χ0n) is 21.7. The molecule has 2 aromatic carbocycles. The van der Waals surface area contributed by atoms with E-state index in [0.29, 0.717) is 30.0 Å². The standard InChI is InChI=1S/C28H30N4O6S/c1-36-23-4-2-3-20-26-21(17-39(34,35)27(20)23)25(28(33)31-11-14-38-24-15-22(24)31)29-32(26)19-7-5-18(6-8-19)16-30-9-12-37-13-10-30/h2-8,22,24H,9-17H2,1H3/t22-,24+/m1/s1. The van der Waals surface area contributed by atoms with Crippen LogP contribution >= 0.6 is 0 Å². The number of nitrogens with zero attached hydrogens (tertiary/aromatic N) is 4. The molecule has 11 heteroatoms. The van der Waals surface area contributed by atoms with E-state index in [9.17, 15) is 13.2 Å². The van der Waals surface area contributed by atoms with Crippen molar-refractivity contribution in [3.05, 3.63) is 59.3 Å². The average molecular weight is 551 g/mol. The van der Waals surface area contributed by atoms with Gasteiger partial charge in [-0.3, -0.25) is 9.69 Å². The van der Waals surface area contributed by atoms with Crippen molar-refractivity contribution in [3.8, 4) is 22.7 Å². The monoisotopic (exact) mass is 550 g/mol. The summed E-state index contributed by atoms with van der Waals surface area (Å²) in [6, 6.07) is 13.3. The zero-order valence-corrected chi connectivity index (χ0v) is 22.5. The fourth-order valence-electron chi connectivity index (χ4n) is 5.95. The molecule has 204 valence electrons. The van der Waals surface area contributed by atoms with Gasteiger partial charge in [-0.15, -0.1) is 0 Å². The van der Waals surface area contributed by atoms with E-state index in [1.54, 1.807) is 27.8 Å². The van der Waals surface area contributed by atoms with Crippen LogP contribution in [0.5, 0.6) is 5.75 Å². The van der Waals surface area contributed by atoms with Crippen LogP contribution in [0, 0.1) is 0 Å². The predicted octanol–water partition coefficient (Wildman–Crippen LogP) is 2.28. The summed E-state index contributed by atoms with van der Waals surface area (Å²) >= 11 is 0. The highest BCUT2D eigenvalue weighted by Crippen LogP contribution is 2.45. The van der Waals surface area contributed by atoms with Gasteiger partial charge in [0.25, 0.3) is 5.91 Å². The number of methoxy groups -OCH3 is 1. The Balaban J connectivity index is 1.33. The second-order valence-corrected chi connectivity index (χ2v) is 12.4. The molecule has 1 saturated carbocycles. The van der Waals surface area contributed by atoms with Crippen LogP contribution in [-0.4, -0.2) is 92.6 Å². The van der Waals surface area contributed by atoms with Crippen molar-refractivity contribution in [3.63, 3.8) is 0 Å². The maximum absolute atomic E-state index is 13.8. The molecule has 3 aliphatic heterocycles. The van der Waals surface area contributed by atoms with Gasteiger partial charge in [-0.25, -0.2) is 13.1 Å².